The van der Waals surface area contributed by atoms with Crippen LogP contribution in [0, 0.1) is 11.3 Å². The van der Waals surface area contributed by atoms with E-state index in [9.17, 15) is 5.26 Å². The Labute approximate surface area is 179 Å². The summed E-state index contributed by atoms with van der Waals surface area (Å²) < 4.78 is 2.31. The Hall–Kier alpha value is -4.35. The number of hydrogen-bond donors (Lipinski definition) is 0. The van der Waals surface area contributed by atoms with Crippen LogP contribution in [0.2, 0.25) is 0 Å². The summed E-state index contributed by atoms with van der Waals surface area (Å²) in [7, 11) is 0. The van der Waals surface area contributed by atoms with Gasteiger partial charge in [-0.2, -0.15) is 5.26 Å². The van der Waals surface area contributed by atoms with Gasteiger partial charge in [0.05, 0.1) is 22.7 Å². The predicted molar refractivity (Wildman–Crippen MR) is 127 cm³/mol. The van der Waals surface area contributed by atoms with Crippen LogP contribution in [0.3, 0.4) is 0 Å². The van der Waals surface area contributed by atoms with E-state index in [1.807, 2.05) is 24.3 Å². The minimum absolute atomic E-state index is 0.674. The molecule has 1 heterocycles. The zero-order valence-electron chi connectivity index (χ0n) is 16.6. The number of benzene rings is 5. The van der Waals surface area contributed by atoms with Gasteiger partial charge in [-0.25, -0.2) is 0 Å². The van der Waals surface area contributed by atoms with E-state index in [0.29, 0.717) is 5.56 Å². The van der Waals surface area contributed by atoms with Crippen LogP contribution >= 0.6 is 0 Å². The molecule has 31 heavy (non-hydrogen) atoms. The van der Waals surface area contributed by atoms with E-state index in [4.69, 9.17) is 0 Å². The van der Waals surface area contributed by atoms with Gasteiger partial charge in [-0.15, -0.1) is 0 Å². The fraction of sp³-hybridized carbons (Fsp3) is 0. The molecule has 0 spiro atoms. The second-order valence-electron chi connectivity index (χ2n) is 8.10. The third kappa shape index (κ3) is 2.05. The predicted octanol–water partition coefficient (Wildman–Crippen LogP) is 7.46. The van der Waals surface area contributed by atoms with E-state index >= 15 is 0 Å². The van der Waals surface area contributed by atoms with Crippen molar-refractivity contribution in [3.05, 3.63) is 103 Å². The largest absolute Gasteiger partial charge is 0.309 e. The molecule has 1 aromatic heterocycles. The van der Waals surface area contributed by atoms with Crippen molar-refractivity contribution in [1.82, 2.24) is 4.57 Å². The first-order valence-corrected chi connectivity index (χ1v) is 10.4. The molecule has 0 unspecified atom stereocenters. The van der Waals surface area contributed by atoms with Crippen LogP contribution in [0.15, 0.2) is 97.1 Å². The van der Waals surface area contributed by atoms with Crippen molar-refractivity contribution >= 4 is 32.6 Å². The number of fused-ring (bicyclic) bond motifs is 7. The van der Waals surface area contributed by atoms with Gasteiger partial charge in [0.2, 0.25) is 0 Å². The first-order valence-electron chi connectivity index (χ1n) is 10.4. The number of para-hydroxylation sites is 1. The molecule has 1 aliphatic rings. The number of nitrogens with zero attached hydrogens (tertiary/aromatic N) is 2. The lowest BCUT2D eigenvalue weighted by Crippen LogP contribution is -1.93. The molecule has 1 aliphatic carbocycles. The van der Waals surface area contributed by atoms with Gasteiger partial charge in [-0.05, 0) is 63.9 Å². The number of hydrogen-bond acceptors (Lipinski definition) is 1. The third-order valence-electron chi connectivity index (χ3n) is 6.56. The van der Waals surface area contributed by atoms with Gasteiger partial charge < -0.3 is 4.57 Å². The topological polar surface area (TPSA) is 28.7 Å². The molecule has 0 bridgehead atoms. The zero-order chi connectivity index (χ0) is 20.5. The van der Waals surface area contributed by atoms with Crippen LogP contribution in [-0.2, 0) is 0 Å². The van der Waals surface area contributed by atoms with Crippen molar-refractivity contribution in [2.24, 2.45) is 0 Å². The molecule has 0 amide bonds. The van der Waals surface area contributed by atoms with Gasteiger partial charge in [-0.1, -0.05) is 60.7 Å². The standard InChI is InChI=1S/C29H16N2/c30-17-18-11-13-20(14-12-18)31-25-10-2-1-7-23(25)29-26(31)16-15-22-21-8-3-5-19-6-4-9-24(27(19)21)28(22)29/h1-16H. The number of nitriles is 1. The van der Waals surface area contributed by atoms with Crippen LogP contribution in [0.25, 0.3) is 60.5 Å². The minimum atomic E-state index is 0.674. The maximum atomic E-state index is 9.21. The first-order chi connectivity index (χ1) is 15.3. The minimum Gasteiger partial charge on any atom is -0.309 e. The van der Waals surface area contributed by atoms with Crippen molar-refractivity contribution in [3.63, 3.8) is 0 Å². The van der Waals surface area contributed by atoms with Crippen LogP contribution in [-0.4, -0.2) is 4.57 Å². The third-order valence-corrected chi connectivity index (χ3v) is 6.56. The molecule has 6 aromatic rings. The zero-order valence-corrected chi connectivity index (χ0v) is 16.6. The Morgan fingerprint density at radius 1 is 0.581 bits per heavy atom. The summed E-state index contributed by atoms with van der Waals surface area (Å²) in [6.45, 7) is 0. The molecule has 0 fully saturated rings. The monoisotopic (exact) mass is 392 g/mol. The maximum Gasteiger partial charge on any atom is 0.0991 e. The van der Waals surface area contributed by atoms with Crippen molar-refractivity contribution in [2.75, 3.05) is 0 Å². The van der Waals surface area contributed by atoms with E-state index < -0.39 is 0 Å². The van der Waals surface area contributed by atoms with E-state index in [0.717, 1.165) is 5.69 Å². The quantitative estimate of drug-likeness (QED) is 0.285. The molecule has 0 atom stereocenters. The number of rotatable bonds is 1. The molecular formula is C29H16N2. The summed E-state index contributed by atoms with van der Waals surface area (Å²) in [6.07, 6.45) is 0. The summed E-state index contributed by atoms with van der Waals surface area (Å²) in [5.74, 6) is 0. The lowest BCUT2D eigenvalue weighted by Gasteiger charge is -2.09. The van der Waals surface area contributed by atoms with Gasteiger partial charge in [0.25, 0.3) is 0 Å². The second-order valence-corrected chi connectivity index (χ2v) is 8.10. The molecule has 0 saturated carbocycles. The van der Waals surface area contributed by atoms with Gasteiger partial charge in [0, 0.05) is 22.0 Å². The molecule has 0 radical (unpaired) electrons. The Morgan fingerprint density at radius 3 is 2.16 bits per heavy atom. The second kappa shape index (κ2) is 5.84. The summed E-state index contributed by atoms with van der Waals surface area (Å²) in [5, 5.41) is 14.4. The van der Waals surface area contributed by atoms with Crippen molar-refractivity contribution < 1.29 is 0 Å². The maximum absolute atomic E-state index is 9.21. The molecule has 5 aromatic carbocycles. The van der Waals surface area contributed by atoms with Crippen molar-refractivity contribution in [3.8, 4) is 34.0 Å². The van der Waals surface area contributed by atoms with Crippen LogP contribution < -0.4 is 0 Å². The highest BCUT2D eigenvalue weighted by atomic mass is 15.0. The molecular weight excluding hydrogens is 376 g/mol. The molecule has 0 aliphatic heterocycles. The molecule has 142 valence electrons. The van der Waals surface area contributed by atoms with Gasteiger partial charge in [0.15, 0.2) is 0 Å². The van der Waals surface area contributed by atoms with E-state index in [-0.39, 0.29) is 0 Å². The fourth-order valence-corrected chi connectivity index (χ4v) is 5.30. The highest BCUT2D eigenvalue weighted by molar-refractivity contribution is 6.26. The Morgan fingerprint density at radius 2 is 1.35 bits per heavy atom. The SMILES string of the molecule is N#Cc1ccc(-n2c3ccccc3c3c4c(ccc32)-c2cccc3cccc-4c23)cc1. The lowest BCUT2D eigenvalue weighted by atomic mass is 9.98. The van der Waals surface area contributed by atoms with Crippen molar-refractivity contribution in [1.29, 1.82) is 5.26 Å². The summed E-state index contributed by atoms with van der Waals surface area (Å²) in [4.78, 5) is 0. The normalized spacial score (nSPS) is 11.8. The molecule has 2 nitrogen and oxygen atoms in total. The molecule has 0 N–H and O–H groups in total. The average Bonchev–Trinajstić information content (AvgIpc) is 3.34. The highest BCUT2D eigenvalue weighted by Gasteiger charge is 2.26. The van der Waals surface area contributed by atoms with E-state index in [2.05, 4.69) is 83.4 Å². The van der Waals surface area contributed by atoms with Crippen LogP contribution in [0.5, 0.6) is 0 Å². The molecule has 7 rings (SSSR count). The molecule has 0 saturated heterocycles. The Bertz CT molecular complexity index is 1720. The van der Waals surface area contributed by atoms with E-state index in [1.165, 1.54) is 54.8 Å². The van der Waals surface area contributed by atoms with E-state index in [1.54, 1.807) is 0 Å². The Balaban J connectivity index is 1.66. The average molecular weight is 392 g/mol. The Kier molecular flexibility index (Phi) is 3.10. The van der Waals surface area contributed by atoms with Crippen LogP contribution in [0.1, 0.15) is 5.56 Å². The van der Waals surface area contributed by atoms with Crippen LogP contribution in [0.4, 0.5) is 0 Å². The fourth-order valence-electron chi connectivity index (χ4n) is 5.30. The van der Waals surface area contributed by atoms with Gasteiger partial charge in [-0.3, -0.25) is 0 Å². The highest BCUT2D eigenvalue weighted by Crippen LogP contribution is 2.52. The van der Waals surface area contributed by atoms with Gasteiger partial charge >= 0.3 is 0 Å². The number of aromatic nitrogens is 1. The lowest BCUT2D eigenvalue weighted by molar-refractivity contribution is 1.18. The summed E-state index contributed by atoms with van der Waals surface area (Å²) in [5.41, 5.74) is 9.38. The first kappa shape index (κ1) is 16.4. The summed E-state index contributed by atoms with van der Waals surface area (Å²) in [6, 6.07) is 36.4. The summed E-state index contributed by atoms with van der Waals surface area (Å²) >= 11 is 0. The molecule has 2 heteroatoms. The van der Waals surface area contributed by atoms with Gasteiger partial charge in [0.1, 0.15) is 0 Å². The van der Waals surface area contributed by atoms with Crippen molar-refractivity contribution in [2.45, 2.75) is 0 Å². The smallest absolute Gasteiger partial charge is 0.0991 e.